The largest absolute Gasteiger partial charge is 0.355 e. The van der Waals surface area contributed by atoms with E-state index >= 15 is 0 Å². The second kappa shape index (κ2) is 8.06. The fourth-order valence-corrected chi connectivity index (χ4v) is 2.69. The predicted octanol–water partition coefficient (Wildman–Crippen LogP) is 5.07. The van der Waals surface area contributed by atoms with E-state index in [0.29, 0.717) is 16.7 Å². The summed E-state index contributed by atoms with van der Waals surface area (Å²) in [6.45, 7) is 6.41. The van der Waals surface area contributed by atoms with E-state index in [4.69, 9.17) is 12.2 Å². The van der Waals surface area contributed by atoms with Gasteiger partial charge >= 0.3 is 0 Å². The molecule has 0 heterocycles. The summed E-state index contributed by atoms with van der Waals surface area (Å²) >= 11 is 5.35. The van der Waals surface area contributed by atoms with Gasteiger partial charge < -0.3 is 10.6 Å². The van der Waals surface area contributed by atoms with Crippen LogP contribution in [0.25, 0.3) is 0 Å². The quantitative estimate of drug-likeness (QED) is 0.748. The lowest BCUT2D eigenvalue weighted by atomic mass is 9.95. The Kier molecular flexibility index (Phi) is 6.11. The predicted molar refractivity (Wildman–Crippen MR) is 99.2 cm³/mol. The van der Waals surface area contributed by atoms with Gasteiger partial charge in [0.25, 0.3) is 0 Å². The Morgan fingerprint density at radius 2 is 1.74 bits per heavy atom. The van der Waals surface area contributed by atoms with Gasteiger partial charge in [0.05, 0.1) is 11.7 Å². The molecule has 1 atom stereocenters. The van der Waals surface area contributed by atoms with Crippen LogP contribution in [0.5, 0.6) is 0 Å². The maximum Gasteiger partial charge on any atom is 0.171 e. The van der Waals surface area contributed by atoms with Gasteiger partial charge in [-0.2, -0.15) is 0 Å². The molecule has 0 spiro atoms. The number of aryl methyl sites for hydroxylation is 1. The summed E-state index contributed by atoms with van der Waals surface area (Å²) in [5.41, 5.74) is 2.87. The number of benzene rings is 2. The van der Waals surface area contributed by atoms with Gasteiger partial charge in [-0.05, 0) is 47.8 Å². The van der Waals surface area contributed by atoms with Crippen LogP contribution in [0, 0.1) is 11.7 Å². The molecular weight excluding hydrogens is 307 g/mol. The van der Waals surface area contributed by atoms with Crippen molar-refractivity contribution in [1.82, 2.24) is 5.32 Å². The van der Waals surface area contributed by atoms with E-state index in [-0.39, 0.29) is 11.9 Å². The normalized spacial score (nSPS) is 12.0. The summed E-state index contributed by atoms with van der Waals surface area (Å²) < 4.78 is 13.7. The van der Waals surface area contributed by atoms with Gasteiger partial charge in [0, 0.05) is 0 Å². The van der Waals surface area contributed by atoms with E-state index < -0.39 is 0 Å². The highest BCUT2D eigenvalue weighted by Gasteiger charge is 2.17. The van der Waals surface area contributed by atoms with Crippen molar-refractivity contribution < 1.29 is 4.39 Å². The second-order valence-corrected chi connectivity index (χ2v) is 6.30. The molecule has 0 saturated heterocycles. The standard InChI is InChI=1S/C19H23FN2S/c1-4-14-9-11-15(12-10-14)18(13(2)3)22-19(23)21-17-8-6-5-7-16(17)20/h5-13,18H,4H2,1-3H3,(H2,21,22,23)/t18-/m0/s1. The molecule has 2 aromatic rings. The van der Waals surface area contributed by atoms with Crippen molar-refractivity contribution in [3.8, 4) is 0 Å². The molecule has 2 aromatic carbocycles. The van der Waals surface area contributed by atoms with Crippen molar-refractivity contribution >= 4 is 23.0 Å². The lowest BCUT2D eigenvalue weighted by molar-refractivity contribution is 0.473. The van der Waals surface area contributed by atoms with Gasteiger partial charge in [-0.3, -0.25) is 0 Å². The Morgan fingerprint density at radius 3 is 2.30 bits per heavy atom. The molecule has 2 rings (SSSR count). The van der Waals surface area contributed by atoms with E-state index in [9.17, 15) is 4.39 Å². The van der Waals surface area contributed by atoms with Gasteiger partial charge in [-0.25, -0.2) is 4.39 Å². The first-order valence-electron chi connectivity index (χ1n) is 7.92. The Balaban J connectivity index is 2.09. The van der Waals surface area contributed by atoms with E-state index in [2.05, 4.69) is 55.7 Å². The third kappa shape index (κ3) is 4.76. The summed E-state index contributed by atoms with van der Waals surface area (Å²) in [7, 11) is 0. The van der Waals surface area contributed by atoms with Crippen molar-refractivity contribution in [2.24, 2.45) is 5.92 Å². The minimum atomic E-state index is -0.315. The molecule has 0 aliphatic rings. The average Bonchev–Trinajstić information content (AvgIpc) is 2.55. The summed E-state index contributed by atoms with van der Waals surface area (Å²) in [4.78, 5) is 0. The van der Waals surface area contributed by atoms with E-state index in [1.54, 1.807) is 18.2 Å². The third-order valence-corrected chi connectivity index (χ3v) is 4.04. The summed E-state index contributed by atoms with van der Waals surface area (Å²) in [5.74, 6) is 0.0351. The highest BCUT2D eigenvalue weighted by Crippen LogP contribution is 2.23. The topological polar surface area (TPSA) is 24.1 Å². The highest BCUT2D eigenvalue weighted by molar-refractivity contribution is 7.80. The van der Waals surface area contributed by atoms with E-state index in [1.165, 1.54) is 17.2 Å². The summed E-state index contributed by atoms with van der Waals surface area (Å²) in [5, 5.41) is 6.66. The molecule has 0 radical (unpaired) electrons. The molecule has 0 fully saturated rings. The zero-order valence-corrected chi connectivity index (χ0v) is 14.6. The smallest absolute Gasteiger partial charge is 0.171 e. The van der Waals surface area contributed by atoms with Crippen LogP contribution < -0.4 is 10.6 Å². The molecule has 122 valence electrons. The Hall–Kier alpha value is -1.94. The first kappa shape index (κ1) is 17.4. The van der Waals surface area contributed by atoms with Crippen molar-refractivity contribution in [2.75, 3.05) is 5.32 Å². The average molecular weight is 330 g/mol. The van der Waals surface area contributed by atoms with Crippen molar-refractivity contribution in [1.29, 1.82) is 0 Å². The van der Waals surface area contributed by atoms with Crippen LogP contribution >= 0.6 is 12.2 Å². The molecule has 0 aliphatic heterocycles. The SMILES string of the molecule is CCc1ccc([C@@H](NC(=S)Nc2ccccc2F)C(C)C)cc1. The van der Waals surface area contributed by atoms with E-state index in [0.717, 1.165) is 6.42 Å². The molecule has 0 bridgehead atoms. The highest BCUT2D eigenvalue weighted by atomic mass is 32.1. The minimum absolute atomic E-state index is 0.0766. The van der Waals surface area contributed by atoms with E-state index in [1.807, 2.05) is 0 Å². The number of hydrogen-bond donors (Lipinski definition) is 2. The molecule has 0 aromatic heterocycles. The Bertz CT molecular complexity index is 653. The van der Waals surface area contributed by atoms with Crippen LogP contribution in [0.2, 0.25) is 0 Å². The molecule has 0 saturated carbocycles. The first-order chi connectivity index (χ1) is 11.0. The minimum Gasteiger partial charge on any atom is -0.355 e. The van der Waals surface area contributed by atoms with Crippen LogP contribution in [0.3, 0.4) is 0 Å². The zero-order valence-electron chi connectivity index (χ0n) is 13.8. The maximum atomic E-state index is 13.7. The summed E-state index contributed by atoms with van der Waals surface area (Å²) in [6, 6.07) is 15.1. The zero-order chi connectivity index (χ0) is 16.8. The lowest BCUT2D eigenvalue weighted by Crippen LogP contribution is -2.35. The second-order valence-electron chi connectivity index (χ2n) is 5.90. The number of para-hydroxylation sites is 1. The first-order valence-corrected chi connectivity index (χ1v) is 8.33. The fraction of sp³-hybridized carbons (Fsp3) is 0.316. The van der Waals surface area contributed by atoms with Crippen LogP contribution in [-0.4, -0.2) is 5.11 Å². The van der Waals surface area contributed by atoms with Crippen molar-refractivity contribution in [3.63, 3.8) is 0 Å². The van der Waals surface area contributed by atoms with Gasteiger partial charge in [0.2, 0.25) is 0 Å². The Morgan fingerprint density at radius 1 is 1.09 bits per heavy atom. The van der Waals surface area contributed by atoms with Crippen molar-refractivity contribution in [3.05, 3.63) is 65.5 Å². The maximum absolute atomic E-state index is 13.7. The van der Waals surface area contributed by atoms with Crippen molar-refractivity contribution in [2.45, 2.75) is 33.2 Å². The van der Waals surface area contributed by atoms with Gasteiger partial charge in [-0.15, -0.1) is 0 Å². The van der Waals surface area contributed by atoms with Crippen LogP contribution in [0.15, 0.2) is 48.5 Å². The molecule has 0 aliphatic carbocycles. The number of thiocarbonyl (C=S) groups is 1. The van der Waals surface area contributed by atoms with Crippen LogP contribution in [0.4, 0.5) is 10.1 Å². The number of halogens is 1. The Labute approximate surface area is 143 Å². The summed E-state index contributed by atoms with van der Waals surface area (Å²) in [6.07, 6.45) is 1.02. The molecule has 0 unspecified atom stereocenters. The van der Waals surface area contributed by atoms with Gasteiger partial charge in [0.15, 0.2) is 5.11 Å². The lowest BCUT2D eigenvalue weighted by Gasteiger charge is -2.25. The fourth-order valence-electron chi connectivity index (χ4n) is 2.46. The number of anilines is 1. The third-order valence-electron chi connectivity index (χ3n) is 3.82. The monoisotopic (exact) mass is 330 g/mol. The van der Waals surface area contributed by atoms with Gasteiger partial charge in [0.1, 0.15) is 5.82 Å². The van der Waals surface area contributed by atoms with Crippen LogP contribution in [-0.2, 0) is 6.42 Å². The molecule has 23 heavy (non-hydrogen) atoms. The number of nitrogens with one attached hydrogen (secondary N) is 2. The molecule has 2 N–H and O–H groups in total. The van der Waals surface area contributed by atoms with Crippen LogP contribution in [0.1, 0.15) is 37.9 Å². The number of rotatable bonds is 5. The molecule has 4 heteroatoms. The number of hydrogen-bond acceptors (Lipinski definition) is 1. The molecular formula is C19H23FN2S. The molecule has 0 amide bonds. The molecule has 2 nitrogen and oxygen atoms in total. The van der Waals surface area contributed by atoms with Gasteiger partial charge in [-0.1, -0.05) is 57.2 Å².